The fourth-order valence-corrected chi connectivity index (χ4v) is 2.93. The number of sulfonamides is 1. The molecule has 7 heteroatoms. The molecule has 0 amide bonds. The lowest BCUT2D eigenvalue weighted by molar-refractivity contribution is -0.137. The van der Waals surface area contributed by atoms with Crippen molar-refractivity contribution in [3.05, 3.63) is 34.9 Å². The monoisotopic (exact) mass is 305 g/mol. The normalized spacial score (nSPS) is 11.7. The van der Waals surface area contributed by atoms with Crippen molar-refractivity contribution in [1.29, 1.82) is 0 Å². The van der Waals surface area contributed by atoms with Crippen LogP contribution in [0.15, 0.2) is 24.3 Å². The van der Waals surface area contributed by atoms with Gasteiger partial charge in [0.25, 0.3) is 0 Å². The van der Waals surface area contributed by atoms with Crippen molar-refractivity contribution in [3.8, 4) is 0 Å². The van der Waals surface area contributed by atoms with Gasteiger partial charge < -0.3 is 5.11 Å². The Morgan fingerprint density at radius 3 is 2.68 bits per heavy atom. The minimum absolute atomic E-state index is 0.109. The van der Waals surface area contributed by atoms with Gasteiger partial charge >= 0.3 is 5.97 Å². The highest BCUT2D eigenvalue weighted by Crippen LogP contribution is 2.14. The molecule has 1 aromatic carbocycles. The number of hydrogen-bond acceptors (Lipinski definition) is 3. The van der Waals surface area contributed by atoms with Crippen LogP contribution in [0, 0.1) is 0 Å². The van der Waals surface area contributed by atoms with E-state index in [0.29, 0.717) is 5.02 Å². The molecule has 1 N–H and O–H groups in total. The lowest BCUT2D eigenvalue weighted by atomic mass is 10.2. The number of halogens is 1. The van der Waals surface area contributed by atoms with Crippen molar-refractivity contribution in [2.45, 2.75) is 19.4 Å². The molecule has 0 bridgehead atoms. The van der Waals surface area contributed by atoms with E-state index in [-0.39, 0.29) is 25.1 Å². The first kappa shape index (κ1) is 15.9. The number of carboxylic acids is 1. The third-order valence-electron chi connectivity index (χ3n) is 2.56. The maximum absolute atomic E-state index is 11.9. The second kappa shape index (κ2) is 6.88. The summed E-state index contributed by atoms with van der Waals surface area (Å²) in [5, 5.41) is 9.04. The molecule has 0 saturated carbocycles. The van der Waals surface area contributed by atoms with Crippen molar-refractivity contribution in [3.63, 3.8) is 0 Å². The Labute approximate surface area is 117 Å². The molecule has 0 aromatic heterocycles. The van der Waals surface area contributed by atoms with Gasteiger partial charge in [0.2, 0.25) is 10.0 Å². The van der Waals surface area contributed by atoms with E-state index in [9.17, 15) is 13.2 Å². The molecule has 1 rings (SSSR count). The van der Waals surface area contributed by atoms with Gasteiger partial charge in [-0.25, -0.2) is 12.7 Å². The summed E-state index contributed by atoms with van der Waals surface area (Å²) in [6, 6.07) is 6.95. The third kappa shape index (κ3) is 5.59. The fraction of sp³-hybridized carbons (Fsp3) is 0.417. The van der Waals surface area contributed by atoms with Gasteiger partial charge in [0, 0.05) is 25.0 Å². The van der Waals surface area contributed by atoms with Crippen LogP contribution in [0.1, 0.15) is 18.4 Å². The van der Waals surface area contributed by atoms with Crippen molar-refractivity contribution < 1.29 is 18.3 Å². The van der Waals surface area contributed by atoms with E-state index in [2.05, 4.69) is 0 Å². The molecular formula is C12H16ClNO4S. The van der Waals surface area contributed by atoms with Gasteiger partial charge in [-0.15, -0.1) is 0 Å². The SMILES string of the molecule is CN(Cc1cccc(Cl)c1)S(=O)(=O)CCCC(=O)O. The smallest absolute Gasteiger partial charge is 0.303 e. The zero-order valence-electron chi connectivity index (χ0n) is 10.5. The van der Waals surface area contributed by atoms with Crippen molar-refractivity contribution in [2.24, 2.45) is 0 Å². The predicted molar refractivity (Wildman–Crippen MR) is 73.6 cm³/mol. The minimum atomic E-state index is -3.44. The molecule has 0 aliphatic rings. The number of carboxylic acid groups (broad SMARTS) is 1. The van der Waals surface area contributed by atoms with Crippen molar-refractivity contribution in [2.75, 3.05) is 12.8 Å². The number of rotatable bonds is 7. The van der Waals surface area contributed by atoms with E-state index in [1.54, 1.807) is 24.3 Å². The molecule has 0 aliphatic heterocycles. The number of carbonyl (C=O) groups is 1. The quantitative estimate of drug-likeness (QED) is 0.835. The maximum atomic E-state index is 11.9. The zero-order valence-corrected chi connectivity index (χ0v) is 12.1. The lowest BCUT2D eigenvalue weighted by Crippen LogP contribution is -2.29. The molecule has 0 atom stereocenters. The van der Waals surface area contributed by atoms with E-state index < -0.39 is 16.0 Å². The number of nitrogens with zero attached hydrogens (tertiary/aromatic N) is 1. The Morgan fingerprint density at radius 1 is 1.42 bits per heavy atom. The highest BCUT2D eigenvalue weighted by molar-refractivity contribution is 7.89. The summed E-state index contributed by atoms with van der Waals surface area (Å²) < 4.78 is 25.0. The average Bonchev–Trinajstić information content (AvgIpc) is 2.28. The van der Waals surface area contributed by atoms with Crippen LogP contribution in [0.2, 0.25) is 5.02 Å². The van der Waals surface area contributed by atoms with Crippen LogP contribution < -0.4 is 0 Å². The Morgan fingerprint density at radius 2 is 2.11 bits per heavy atom. The molecule has 19 heavy (non-hydrogen) atoms. The summed E-state index contributed by atoms with van der Waals surface area (Å²) in [6.07, 6.45) is -0.0399. The maximum Gasteiger partial charge on any atom is 0.303 e. The average molecular weight is 306 g/mol. The Hall–Kier alpha value is -1.11. The number of benzene rings is 1. The largest absolute Gasteiger partial charge is 0.481 e. The van der Waals surface area contributed by atoms with E-state index in [4.69, 9.17) is 16.7 Å². The summed E-state index contributed by atoms with van der Waals surface area (Å²) in [5.74, 6) is -1.16. The summed E-state index contributed by atoms with van der Waals surface area (Å²) in [5.41, 5.74) is 0.789. The zero-order chi connectivity index (χ0) is 14.5. The molecule has 5 nitrogen and oxygen atoms in total. The van der Waals surface area contributed by atoms with E-state index in [1.165, 1.54) is 11.4 Å². The standard InChI is InChI=1S/C12H16ClNO4S/c1-14(9-10-4-2-5-11(13)8-10)19(17,18)7-3-6-12(15)16/h2,4-5,8H,3,6-7,9H2,1H3,(H,15,16). The second-order valence-corrected chi connectivity index (χ2v) is 6.83. The minimum Gasteiger partial charge on any atom is -0.481 e. The summed E-state index contributed by atoms with van der Waals surface area (Å²) in [4.78, 5) is 10.4. The van der Waals surface area contributed by atoms with E-state index in [0.717, 1.165) is 5.56 Å². The van der Waals surface area contributed by atoms with Crippen LogP contribution in [0.25, 0.3) is 0 Å². The van der Waals surface area contributed by atoms with Crippen molar-refractivity contribution >= 4 is 27.6 Å². The Balaban J connectivity index is 2.61. The van der Waals surface area contributed by atoms with Crippen molar-refractivity contribution in [1.82, 2.24) is 4.31 Å². The van der Waals surface area contributed by atoms with Crippen LogP contribution in [0.3, 0.4) is 0 Å². The van der Waals surface area contributed by atoms with Gasteiger partial charge in [-0.3, -0.25) is 4.79 Å². The van der Waals surface area contributed by atoms with Crippen LogP contribution in [-0.2, 0) is 21.4 Å². The van der Waals surface area contributed by atoms with Gasteiger partial charge in [0.1, 0.15) is 0 Å². The lowest BCUT2D eigenvalue weighted by Gasteiger charge is -2.17. The summed E-state index contributed by atoms with van der Waals surface area (Å²) in [7, 11) is -1.97. The first-order chi connectivity index (χ1) is 8.81. The molecular weight excluding hydrogens is 290 g/mol. The molecule has 0 aliphatic carbocycles. The highest BCUT2D eigenvalue weighted by atomic mass is 35.5. The first-order valence-corrected chi connectivity index (χ1v) is 7.70. The molecule has 1 aromatic rings. The molecule has 0 unspecified atom stereocenters. The van der Waals surface area contributed by atoms with Gasteiger partial charge in [-0.05, 0) is 24.1 Å². The molecule has 0 heterocycles. The third-order valence-corrected chi connectivity index (χ3v) is 4.68. The molecule has 0 radical (unpaired) electrons. The number of aliphatic carboxylic acids is 1. The summed E-state index contributed by atoms with van der Waals surface area (Å²) in [6.45, 7) is 0.218. The van der Waals surface area contributed by atoms with E-state index in [1.807, 2.05) is 0 Å². The molecule has 106 valence electrons. The molecule has 0 fully saturated rings. The fourth-order valence-electron chi connectivity index (χ4n) is 1.55. The Bertz CT molecular complexity index is 544. The van der Waals surface area contributed by atoms with Gasteiger partial charge in [0.05, 0.1) is 5.75 Å². The van der Waals surface area contributed by atoms with Gasteiger partial charge in [-0.1, -0.05) is 23.7 Å². The first-order valence-electron chi connectivity index (χ1n) is 5.71. The highest BCUT2D eigenvalue weighted by Gasteiger charge is 2.18. The molecule has 0 spiro atoms. The predicted octanol–water partition coefficient (Wildman–Crippen LogP) is 1.97. The van der Waals surface area contributed by atoms with Crippen LogP contribution in [-0.4, -0.2) is 36.6 Å². The number of hydrogen-bond donors (Lipinski definition) is 1. The van der Waals surface area contributed by atoms with Gasteiger partial charge in [0.15, 0.2) is 0 Å². The van der Waals surface area contributed by atoms with Crippen LogP contribution in [0.4, 0.5) is 0 Å². The topological polar surface area (TPSA) is 74.7 Å². The Kier molecular flexibility index (Phi) is 5.78. The molecule has 0 saturated heterocycles. The van der Waals surface area contributed by atoms with Crippen LogP contribution in [0.5, 0.6) is 0 Å². The summed E-state index contributed by atoms with van der Waals surface area (Å²) >= 11 is 5.83. The second-order valence-electron chi connectivity index (χ2n) is 4.20. The van der Waals surface area contributed by atoms with E-state index >= 15 is 0 Å². The van der Waals surface area contributed by atoms with Gasteiger partial charge in [-0.2, -0.15) is 0 Å². The van der Waals surface area contributed by atoms with Crippen LogP contribution >= 0.6 is 11.6 Å².